The Morgan fingerprint density at radius 3 is 3.00 bits per heavy atom. The minimum atomic E-state index is -0.0372. The number of nitrogens with zero attached hydrogens (tertiary/aromatic N) is 3. The molecule has 2 aromatic rings. The Bertz CT molecular complexity index is 579. The highest BCUT2D eigenvalue weighted by molar-refractivity contribution is 5.44. The van der Waals surface area contributed by atoms with E-state index < -0.39 is 0 Å². The molecule has 0 unspecified atom stereocenters. The Kier molecular flexibility index (Phi) is 2.87. The zero-order chi connectivity index (χ0) is 11.5. The lowest BCUT2D eigenvalue weighted by Gasteiger charge is -2.01. The number of aromatic nitrogens is 3. The van der Waals surface area contributed by atoms with Crippen molar-refractivity contribution in [2.75, 3.05) is 6.54 Å². The van der Waals surface area contributed by atoms with E-state index in [0.29, 0.717) is 18.6 Å². The lowest BCUT2D eigenvalue weighted by molar-refractivity contribution is 0.756. The molecule has 0 saturated carbocycles. The van der Waals surface area contributed by atoms with E-state index in [4.69, 9.17) is 5.73 Å². The smallest absolute Gasteiger partial charge is 0.276 e. The second-order valence-electron chi connectivity index (χ2n) is 3.58. The van der Waals surface area contributed by atoms with Crippen LogP contribution in [0.15, 0.2) is 35.4 Å². The van der Waals surface area contributed by atoms with Gasteiger partial charge in [-0.15, -0.1) is 0 Å². The molecule has 2 aromatic heterocycles. The SMILES string of the molecule is Cc1cc2c(=O)n(C/C=C/CN)ccn2n1. The van der Waals surface area contributed by atoms with Gasteiger partial charge in [-0.25, -0.2) is 4.52 Å². The Morgan fingerprint density at radius 1 is 1.44 bits per heavy atom. The molecule has 0 aliphatic carbocycles. The number of hydrogen-bond donors (Lipinski definition) is 1. The van der Waals surface area contributed by atoms with Crippen LogP contribution in [0.3, 0.4) is 0 Å². The lowest BCUT2D eigenvalue weighted by Crippen LogP contribution is -2.20. The van der Waals surface area contributed by atoms with E-state index in [-0.39, 0.29) is 5.56 Å². The molecular weight excluding hydrogens is 204 g/mol. The molecule has 16 heavy (non-hydrogen) atoms. The summed E-state index contributed by atoms with van der Waals surface area (Å²) in [6, 6.07) is 1.78. The van der Waals surface area contributed by atoms with E-state index in [1.165, 1.54) is 0 Å². The standard InChI is InChI=1S/C11H14N4O/c1-9-8-10-11(16)14(5-3-2-4-12)6-7-15(10)13-9/h2-3,6-8H,4-5,12H2,1H3/b3-2+. The van der Waals surface area contributed by atoms with Gasteiger partial charge in [0.25, 0.3) is 5.56 Å². The summed E-state index contributed by atoms with van der Waals surface area (Å²) in [5.74, 6) is 0. The van der Waals surface area contributed by atoms with Gasteiger partial charge in [0.05, 0.1) is 5.69 Å². The molecule has 84 valence electrons. The monoisotopic (exact) mass is 218 g/mol. The largest absolute Gasteiger partial charge is 0.327 e. The van der Waals surface area contributed by atoms with Gasteiger partial charge in [-0.3, -0.25) is 4.79 Å². The second kappa shape index (κ2) is 4.32. The van der Waals surface area contributed by atoms with Crippen LogP contribution in [0.4, 0.5) is 0 Å². The van der Waals surface area contributed by atoms with Crippen LogP contribution in [-0.4, -0.2) is 20.7 Å². The summed E-state index contributed by atoms with van der Waals surface area (Å²) in [5.41, 5.74) is 6.74. The highest BCUT2D eigenvalue weighted by Gasteiger charge is 2.03. The zero-order valence-corrected chi connectivity index (χ0v) is 9.13. The molecule has 0 atom stereocenters. The predicted octanol–water partition coefficient (Wildman–Crippen LogP) is 0.319. The highest BCUT2D eigenvalue weighted by atomic mass is 16.1. The summed E-state index contributed by atoms with van der Waals surface area (Å²) >= 11 is 0. The summed E-state index contributed by atoms with van der Waals surface area (Å²) in [6.45, 7) is 2.89. The summed E-state index contributed by atoms with van der Waals surface area (Å²) in [7, 11) is 0. The van der Waals surface area contributed by atoms with Gasteiger partial charge in [-0.05, 0) is 13.0 Å². The van der Waals surface area contributed by atoms with Crippen molar-refractivity contribution < 1.29 is 0 Å². The molecule has 0 spiro atoms. The molecule has 0 radical (unpaired) electrons. The minimum Gasteiger partial charge on any atom is -0.327 e. The summed E-state index contributed by atoms with van der Waals surface area (Å²) < 4.78 is 3.23. The molecule has 0 aromatic carbocycles. The van der Waals surface area contributed by atoms with Gasteiger partial charge >= 0.3 is 0 Å². The fourth-order valence-corrected chi connectivity index (χ4v) is 1.58. The van der Waals surface area contributed by atoms with Gasteiger partial charge < -0.3 is 10.3 Å². The van der Waals surface area contributed by atoms with Gasteiger partial charge in [0.1, 0.15) is 5.52 Å². The van der Waals surface area contributed by atoms with Crippen molar-refractivity contribution in [2.24, 2.45) is 5.73 Å². The Hall–Kier alpha value is -1.88. The molecule has 2 rings (SSSR count). The molecule has 2 N–H and O–H groups in total. The quantitative estimate of drug-likeness (QED) is 0.754. The fraction of sp³-hybridized carbons (Fsp3) is 0.273. The van der Waals surface area contributed by atoms with E-state index in [9.17, 15) is 4.79 Å². The average Bonchev–Trinajstić information content (AvgIpc) is 2.64. The first-order valence-electron chi connectivity index (χ1n) is 5.13. The number of rotatable bonds is 3. The maximum Gasteiger partial charge on any atom is 0.276 e. The zero-order valence-electron chi connectivity index (χ0n) is 9.13. The van der Waals surface area contributed by atoms with Crippen LogP contribution in [0.1, 0.15) is 5.69 Å². The summed E-state index contributed by atoms with van der Waals surface area (Å²) in [5, 5.41) is 4.18. The van der Waals surface area contributed by atoms with Gasteiger partial charge in [-0.2, -0.15) is 5.10 Å². The van der Waals surface area contributed by atoms with Crippen molar-refractivity contribution in [2.45, 2.75) is 13.5 Å². The molecule has 0 fully saturated rings. The summed E-state index contributed by atoms with van der Waals surface area (Å²) in [4.78, 5) is 12.0. The van der Waals surface area contributed by atoms with Crippen molar-refractivity contribution in [1.29, 1.82) is 0 Å². The van der Waals surface area contributed by atoms with Gasteiger partial charge in [0.2, 0.25) is 0 Å². The van der Waals surface area contributed by atoms with Crippen molar-refractivity contribution in [1.82, 2.24) is 14.2 Å². The molecule has 0 aliphatic heterocycles. The van der Waals surface area contributed by atoms with E-state index >= 15 is 0 Å². The second-order valence-corrected chi connectivity index (χ2v) is 3.58. The molecule has 5 heteroatoms. The maximum absolute atomic E-state index is 12.0. The Balaban J connectivity index is 2.44. The first-order chi connectivity index (χ1) is 7.72. The van der Waals surface area contributed by atoms with Crippen LogP contribution in [0.25, 0.3) is 5.52 Å². The molecule has 0 saturated heterocycles. The van der Waals surface area contributed by atoms with E-state index in [2.05, 4.69) is 5.10 Å². The third kappa shape index (κ3) is 1.90. The van der Waals surface area contributed by atoms with E-state index in [1.54, 1.807) is 27.5 Å². The third-order valence-electron chi connectivity index (χ3n) is 2.33. The van der Waals surface area contributed by atoms with Crippen molar-refractivity contribution in [3.8, 4) is 0 Å². The first kappa shape index (κ1) is 10.6. The van der Waals surface area contributed by atoms with E-state index in [1.807, 2.05) is 19.1 Å². The van der Waals surface area contributed by atoms with Crippen LogP contribution >= 0.6 is 0 Å². The number of aryl methyl sites for hydroxylation is 1. The first-order valence-corrected chi connectivity index (χ1v) is 5.13. The fourth-order valence-electron chi connectivity index (χ4n) is 1.58. The number of fused-ring (bicyclic) bond motifs is 1. The topological polar surface area (TPSA) is 65.3 Å². The number of hydrogen-bond acceptors (Lipinski definition) is 3. The molecule has 5 nitrogen and oxygen atoms in total. The maximum atomic E-state index is 12.0. The number of allylic oxidation sites excluding steroid dienone is 1. The van der Waals surface area contributed by atoms with E-state index in [0.717, 1.165) is 5.69 Å². The Labute approximate surface area is 92.8 Å². The molecule has 0 amide bonds. The number of nitrogens with two attached hydrogens (primary N) is 1. The Morgan fingerprint density at radius 2 is 2.25 bits per heavy atom. The molecule has 2 heterocycles. The molecule has 0 bridgehead atoms. The van der Waals surface area contributed by atoms with Gasteiger partial charge in [0, 0.05) is 25.5 Å². The molecular formula is C11H14N4O. The van der Waals surface area contributed by atoms with Crippen molar-refractivity contribution >= 4 is 5.52 Å². The predicted molar refractivity (Wildman–Crippen MR) is 62.4 cm³/mol. The van der Waals surface area contributed by atoms with Crippen LogP contribution in [0.2, 0.25) is 0 Å². The van der Waals surface area contributed by atoms with Crippen LogP contribution in [0.5, 0.6) is 0 Å². The van der Waals surface area contributed by atoms with Crippen LogP contribution in [-0.2, 0) is 6.54 Å². The normalized spacial score (nSPS) is 11.6. The third-order valence-corrected chi connectivity index (χ3v) is 2.33. The van der Waals surface area contributed by atoms with Crippen LogP contribution < -0.4 is 11.3 Å². The molecule has 0 aliphatic rings. The van der Waals surface area contributed by atoms with Crippen LogP contribution in [0, 0.1) is 6.92 Å². The minimum absolute atomic E-state index is 0.0372. The van der Waals surface area contributed by atoms with Gasteiger partial charge in [0.15, 0.2) is 0 Å². The average molecular weight is 218 g/mol. The highest BCUT2D eigenvalue weighted by Crippen LogP contribution is 1.99. The summed E-state index contributed by atoms with van der Waals surface area (Å²) in [6.07, 6.45) is 7.21. The lowest BCUT2D eigenvalue weighted by atomic mass is 10.4. The van der Waals surface area contributed by atoms with Crippen molar-refractivity contribution in [3.63, 3.8) is 0 Å². The van der Waals surface area contributed by atoms with Gasteiger partial charge in [-0.1, -0.05) is 12.2 Å². The van der Waals surface area contributed by atoms with Crippen molar-refractivity contribution in [3.05, 3.63) is 46.7 Å².